The van der Waals surface area contributed by atoms with Crippen LogP contribution in [0.2, 0.25) is 0 Å². The number of amides is 1. The molecule has 0 aromatic carbocycles. The van der Waals surface area contributed by atoms with Crippen LogP contribution in [-0.2, 0) is 0 Å². The molecule has 2 atom stereocenters. The summed E-state index contributed by atoms with van der Waals surface area (Å²) in [4.78, 5) is 14.7. The highest BCUT2D eigenvalue weighted by atomic mass is 35.5. The second kappa shape index (κ2) is 5.92. The van der Waals surface area contributed by atoms with E-state index in [-0.39, 0.29) is 24.4 Å². The summed E-state index contributed by atoms with van der Waals surface area (Å²) in [6.07, 6.45) is 2.88. The molecule has 0 spiro atoms. The van der Waals surface area contributed by atoms with Gasteiger partial charge in [-0.3, -0.25) is 4.79 Å². The number of carbonyl (C=O) groups is 1. The van der Waals surface area contributed by atoms with Crippen LogP contribution in [0.1, 0.15) is 23.8 Å². The topological polar surface area (TPSA) is 56.9 Å². The average Bonchev–Trinajstić information content (AvgIpc) is 2.74. The van der Waals surface area contributed by atoms with Crippen molar-refractivity contribution in [1.29, 1.82) is 0 Å². The highest BCUT2D eigenvalue weighted by Crippen LogP contribution is 2.11. The first-order valence-electron chi connectivity index (χ1n) is 5.42. The van der Waals surface area contributed by atoms with Crippen molar-refractivity contribution < 1.29 is 4.79 Å². The second-order valence-electron chi connectivity index (χ2n) is 4.13. The maximum absolute atomic E-state index is 11.7. The van der Waals surface area contributed by atoms with Crippen molar-refractivity contribution >= 4 is 18.3 Å². The van der Waals surface area contributed by atoms with Gasteiger partial charge in [-0.15, -0.1) is 12.4 Å². The molecule has 0 aliphatic carbocycles. The van der Waals surface area contributed by atoms with E-state index >= 15 is 0 Å². The number of aromatic nitrogens is 1. The molecule has 0 saturated carbocycles. The van der Waals surface area contributed by atoms with Crippen LogP contribution in [0.3, 0.4) is 0 Å². The Labute approximate surface area is 102 Å². The Bertz CT molecular complexity index is 326. The fraction of sp³-hybridized carbons (Fsp3) is 0.545. The van der Waals surface area contributed by atoms with Gasteiger partial charge in [0, 0.05) is 18.8 Å². The lowest BCUT2D eigenvalue weighted by molar-refractivity contribution is 0.0911. The summed E-state index contributed by atoms with van der Waals surface area (Å²) in [5.74, 6) is 0.533. The molecule has 3 N–H and O–H groups in total. The van der Waals surface area contributed by atoms with Crippen molar-refractivity contribution in [2.75, 3.05) is 13.1 Å². The molecule has 1 aromatic rings. The highest BCUT2D eigenvalue weighted by Gasteiger charge is 2.22. The van der Waals surface area contributed by atoms with E-state index in [9.17, 15) is 4.79 Å². The van der Waals surface area contributed by atoms with Gasteiger partial charge in [0.15, 0.2) is 0 Å². The van der Waals surface area contributed by atoms with Crippen LogP contribution in [0.15, 0.2) is 18.3 Å². The quantitative estimate of drug-likeness (QED) is 0.730. The summed E-state index contributed by atoms with van der Waals surface area (Å²) >= 11 is 0. The fourth-order valence-electron chi connectivity index (χ4n) is 1.90. The molecule has 2 unspecified atom stereocenters. The van der Waals surface area contributed by atoms with Crippen LogP contribution in [-0.4, -0.2) is 30.0 Å². The highest BCUT2D eigenvalue weighted by molar-refractivity contribution is 5.92. The third kappa shape index (κ3) is 3.00. The predicted molar refractivity (Wildman–Crippen MR) is 65.9 cm³/mol. The minimum absolute atomic E-state index is 0. The van der Waals surface area contributed by atoms with Gasteiger partial charge in [-0.25, -0.2) is 0 Å². The number of H-pyrrole nitrogens is 1. The molecule has 1 aliphatic rings. The Balaban J connectivity index is 0.00000128. The van der Waals surface area contributed by atoms with E-state index in [4.69, 9.17) is 0 Å². The number of rotatable bonds is 2. The lowest BCUT2D eigenvalue weighted by atomic mass is 9.95. The summed E-state index contributed by atoms with van der Waals surface area (Å²) in [6, 6.07) is 3.86. The lowest BCUT2D eigenvalue weighted by Gasteiger charge is -2.30. The Morgan fingerprint density at radius 1 is 1.56 bits per heavy atom. The molecule has 2 rings (SSSR count). The first-order valence-corrected chi connectivity index (χ1v) is 5.42. The van der Waals surface area contributed by atoms with Gasteiger partial charge in [0.25, 0.3) is 5.91 Å². The molecule has 1 amide bonds. The van der Waals surface area contributed by atoms with E-state index in [1.165, 1.54) is 0 Å². The average molecular weight is 244 g/mol. The lowest BCUT2D eigenvalue weighted by Crippen LogP contribution is -2.50. The molecule has 4 nitrogen and oxygen atoms in total. The minimum Gasteiger partial charge on any atom is -0.357 e. The zero-order valence-corrected chi connectivity index (χ0v) is 10.1. The van der Waals surface area contributed by atoms with Crippen molar-refractivity contribution in [3.63, 3.8) is 0 Å². The zero-order valence-electron chi connectivity index (χ0n) is 9.32. The standard InChI is InChI=1S/C11H17N3O.ClH/c1-8-4-6-12-7-10(8)14-11(15)9-3-2-5-13-9;/h2-3,5,8,10,12-13H,4,6-7H2,1H3,(H,14,15);1H. The fourth-order valence-corrected chi connectivity index (χ4v) is 1.90. The first kappa shape index (κ1) is 13.1. The van der Waals surface area contributed by atoms with E-state index in [2.05, 4.69) is 22.5 Å². The van der Waals surface area contributed by atoms with Crippen LogP contribution in [0.25, 0.3) is 0 Å². The molecule has 1 fully saturated rings. The predicted octanol–water partition coefficient (Wildman–Crippen LogP) is 1.16. The molecule has 90 valence electrons. The number of piperidine rings is 1. The maximum atomic E-state index is 11.7. The maximum Gasteiger partial charge on any atom is 0.267 e. The summed E-state index contributed by atoms with van der Waals surface area (Å²) < 4.78 is 0. The number of nitrogens with one attached hydrogen (secondary N) is 3. The molecule has 1 aromatic heterocycles. The van der Waals surface area contributed by atoms with Gasteiger partial charge in [0.2, 0.25) is 0 Å². The van der Waals surface area contributed by atoms with Crippen molar-refractivity contribution in [3.05, 3.63) is 24.0 Å². The van der Waals surface area contributed by atoms with Gasteiger partial charge in [0.05, 0.1) is 0 Å². The van der Waals surface area contributed by atoms with Gasteiger partial charge in [-0.05, 0) is 31.0 Å². The molecule has 1 saturated heterocycles. The van der Waals surface area contributed by atoms with E-state index < -0.39 is 0 Å². The number of halogens is 1. The Hall–Kier alpha value is -1.00. The molecule has 2 heterocycles. The number of hydrogen-bond donors (Lipinski definition) is 3. The molecule has 0 radical (unpaired) electrons. The number of carbonyl (C=O) groups excluding carboxylic acids is 1. The van der Waals surface area contributed by atoms with Crippen molar-refractivity contribution in [2.45, 2.75) is 19.4 Å². The van der Waals surface area contributed by atoms with Crippen molar-refractivity contribution in [3.8, 4) is 0 Å². The van der Waals surface area contributed by atoms with E-state index in [0.29, 0.717) is 11.6 Å². The molecule has 16 heavy (non-hydrogen) atoms. The Morgan fingerprint density at radius 3 is 3.00 bits per heavy atom. The van der Waals surface area contributed by atoms with Gasteiger partial charge in [-0.2, -0.15) is 0 Å². The zero-order chi connectivity index (χ0) is 10.7. The van der Waals surface area contributed by atoms with Crippen LogP contribution in [0.4, 0.5) is 0 Å². The minimum atomic E-state index is -0.0134. The molecular weight excluding hydrogens is 226 g/mol. The summed E-state index contributed by atoms with van der Waals surface area (Å²) in [7, 11) is 0. The SMILES string of the molecule is CC1CCNCC1NC(=O)c1ccc[nH]1.Cl. The van der Waals surface area contributed by atoms with E-state index in [1.807, 2.05) is 6.07 Å². The smallest absolute Gasteiger partial charge is 0.267 e. The van der Waals surface area contributed by atoms with Crippen LogP contribution < -0.4 is 10.6 Å². The summed E-state index contributed by atoms with van der Waals surface area (Å²) in [5.41, 5.74) is 0.632. The Kier molecular flexibility index (Phi) is 4.83. The van der Waals surface area contributed by atoms with Crippen molar-refractivity contribution in [1.82, 2.24) is 15.6 Å². The number of aromatic amines is 1. The normalized spacial score (nSPS) is 24.6. The van der Waals surface area contributed by atoms with Gasteiger partial charge in [0.1, 0.15) is 5.69 Å². The number of hydrogen-bond acceptors (Lipinski definition) is 2. The largest absolute Gasteiger partial charge is 0.357 e. The van der Waals surface area contributed by atoms with Crippen LogP contribution in [0.5, 0.6) is 0 Å². The third-order valence-electron chi connectivity index (χ3n) is 2.99. The Morgan fingerprint density at radius 2 is 2.38 bits per heavy atom. The molecule has 5 heteroatoms. The monoisotopic (exact) mass is 243 g/mol. The third-order valence-corrected chi connectivity index (χ3v) is 2.99. The first-order chi connectivity index (χ1) is 7.27. The summed E-state index contributed by atoms with van der Waals surface area (Å²) in [6.45, 7) is 4.10. The second-order valence-corrected chi connectivity index (χ2v) is 4.13. The van der Waals surface area contributed by atoms with E-state index in [0.717, 1.165) is 19.5 Å². The van der Waals surface area contributed by atoms with Crippen LogP contribution >= 0.6 is 12.4 Å². The molecule has 1 aliphatic heterocycles. The summed E-state index contributed by atoms with van der Waals surface area (Å²) in [5, 5.41) is 6.33. The van der Waals surface area contributed by atoms with Gasteiger partial charge in [-0.1, -0.05) is 6.92 Å². The van der Waals surface area contributed by atoms with Gasteiger partial charge < -0.3 is 15.6 Å². The molecule has 0 bridgehead atoms. The van der Waals surface area contributed by atoms with E-state index in [1.54, 1.807) is 12.3 Å². The van der Waals surface area contributed by atoms with Gasteiger partial charge >= 0.3 is 0 Å². The van der Waals surface area contributed by atoms with Crippen molar-refractivity contribution in [2.24, 2.45) is 5.92 Å². The van der Waals surface area contributed by atoms with Crippen LogP contribution in [0, 0.1) is 5.92 Å². The molecular formula is C11H18ClN3O.